The molecule has 22 heavy (non-hydrogen) atoms. The van der Waals surface area contributed by atoms with E-state index in [1.165, 1.54) is 0 Å². The minimum absolute atomic E-state index is 0.0705. The first-order valence-corrected chi connectivity index (χ1v) is 7.93. The van der Waals surface area contributed by atoms with Crippen LogP contribution < -0.4 is 10.1 Å². The van der Waals surface area contributed by atoms with Crippen LogP contribution in [0.1, 0.15) is 24.9 Å². The molecule has 3 nitrogen and oxygen atoms in total. The predicted octanol–water partition coefficient (Wildman–Crippen LogP) is 3.82. The van der Waals surface area contributed by atoms with E-state index in [1.54, 1.807) is 0 Å². The summed E-state index contributed by atoms with van der Waals surface area (Å²) in [5.74, 6) is 0.749. The van der Waals surface area contributed by atoms with Gasteiger partial charge < -0.3 is 15.2 Å². The van der Waals surface area contributed by atoms with Gasteiger partial charge in [0, 0.05) is 5.02 Å². The first kappa shape index (κ1) is 16.8. The molecule has 118 valence electrons. The Bertz CT molecular complexity index is 545. The molecule has 0 aromatic heterocycles. The van der Waals surface area contributed by atoms with Gasteiger partial charge in [0.1, 0.15) is 11.9 Å². The molecule has 0 saturated carbocycles. The third-order valence-corrected chi connectivity index (χ3v) is 3.68. The highest BCUT2D eigenvalue weighted by atomic mass is 35.5. The molecule has 2 atom stereocenters. The lowest BCUT2D eigenvalue weighted by Crippen LogP contribution is -2.38. The number of ether oxygens (including phenoxy) is 1. The zero-order valence-electron chi connectivity index (χ0n) is 12.7. The van der Waals surface area contributed by atoms with Gasteiger partial charge in [0.05, 0.1) is 12.6 Å². The third kappa shape index (κ3) is 4.73. The highest BCUT2D eigenvalue weighted by Crippen LogP contribution is 2.23. The number of nitrogens with one attached hydrogen (secondary N) is 1. The fourth-order valence-corrected chi connectivity index (χ4v) is 2.44. The van der Waals surface area contributed by atoms with E-state index in [2.05, 4.69) is 12.2 Å². The Morgan fingerprint density at radius 2 is 1.77 bits per heavy atom. The van der Waals surface area contributed by atoms with Crippen molar-refractivity contribution in [3.63, 3.8) is 0 Å². The van der Waals surface area contributed by atoms with Crippen LogP contribution in [0.3, 0.4) is 0 Å². The monoisotopic (exact) mass is 319 g/mol. The van der Waals surface area contributed by atoms with Gasteiger partial charge in [-0.2, -0.15) is 0 Å². The molecular formula is C18H22ClNO2. The SMILES string of the molecule is CCCN[C@H](c1ccc(Cl)cc1)[C@@H](CO)Oc1ccccc1. The first-order valence-electron chi connectivity index (χ1n) is 7.56. The van der Waals surface area contributed by atoms with Crippen LogP contribution in [0.4, 0.5) is 0 Å². The van der Waals surface area contributed by atoms with E-state index in [0.29, 0.717) is 5.02 Å². The van der Waals surface area contributed by atoms with Crippen molar-refractivity contribution in [2.75, 3.05) is 13.2 Å². The zero-order valence-corrected chi connectivity index (χ0v) is 13.5. The Morgan fingerprint density at radius 3 is 2.36 bits per heavy atom. The Morgan fingerprint density at radius 1 is 1.09 bits per heavy atom. The van der Waals surface area contributed by atoms with E-state index in [9.17, 15) is 5.11 Å². The van der Waals surface area contributed by atoms with Crippen molar-refractivity contribution in [1.29, 1.82) is 0 Å². The smallest absolute Gasteiger partial charge is 0.141 e. The molecule has 0 unspecified atom stereocenters. The first-order chi connectivity index (χ1) is 10.7. The second kappa shape index (κ2) is 8.79. The molecule has 0 spiro atoms. The van der Waals surface area contributed by atoms with E-state index in [0.717, 1.165) is 24.3 Å². The summed E-state index contributed by atoms with van der Waals surface area (Å²) in [5, 5.41) is 13.9. The molecule has 0 heterocycles. The molecule has 0 aliphatic carbocycles. The number of aliphatic hydroxyl groups is 1. The van der Waals surface area contributed by atoms with Crippen molar-refractivity contribution in [2.24, 2.45) is 0 Å². The predicted molar refractivity (Wildman–Crippen MR) is 90.4 cm³/mol. The van der Waals surface area contributed by atoms with Gasteiger partial charge in [-0.05, 0) is 42.8 Å². The standard InChI is InChI=1S/C18H22ClNO2/c1-2-12-20-18(14-8-10-15(19)11-9-14)17(13-21)22-16-6-4-3-5-7-16/h3-11,17-18,20-21H,2,12-13H2,1H3/t17-,18-/m1/s1. The van der Waals surface area contributed by atoms with Crippen molar-refractivity contribution in [1.82, 2.24) is 5.32 Å². The van der Waals surface area contributed by atoms with Crippen molar-refractivity contribution in [3.05, 3.63) is 65.2 Å². The van der Waals surface area contributed by atoms with E-state index in [-0.39, 0.29) is 18.8 Å². The molecule has 0 saturated heterocycles. The highest BCUT2D eigenvalue weighted by Gasteiger charge is 2.24. The molecule has 4 heteroatoms. The number of rotatable bonds is 8. The Hall–Kier alpha value is -1.55. The van der Waals surface area contributed by atoms with Crippen LogP contribution in [-0.4, -0.2) is 24.4 Å². The quantitative estimate of drug-likeness (QED) is 0.777. The minimum Gasteiger partial charge on any atom is -0.486 e. The number of halogens is 1. The summed E-state index contributed by atoms with van der Waals surface area (Å²) >= 11 is 5.96. The van der Waals surface area contributed by atoms with Gasteiger partial charge in [0.25, 0.3) is 0 Å². The van der Waals surface area contributed by atoms with Gasteiger partial charge in [0.15, 0.2) is 0 Å². The summed E-state index contributed by atoms with van der Waals surface area (Å²) in [4.78, 5) is 0. The molecule has 2 aromatic rings. The molecule has 0 aliphatic rings. The number of aliphatic hydroxyl groups excluding tert-OH is 1. The molecule has 0 amide bonds. The number of benzene rings is 2. The summed E-state index contributed by atoms with van der Waals surface area (Å²) < 4.78 is 5.96. The van der Waals surface area contributed by atoms with Gasteiger partial charge in [0.2, 0.25) is 0 Å². The van der Waals surface area contributed by atoms with Gasteiger partial charge in [-0.1, -0.05) is 48.9 Å². The Balaban J connectivity index is 2.19. The zero-order chi connectivity index (χ0) is 15.8. The second-order valence-corrected chi connectivity index (χ2v) is 5.57. The van der Waals surface area contributed by atoms with Crippen molar-refractivity contribution in [3.8, 4) is 5.75 Å². The Kier molecular flexibility index (Phi) is 6.72. The van der Waals surface area contributed by atoms with Crippen molar-refractivity contribution in [2.45, 2.75) is 25.5 Å². The van der Waals surface area contributed by atoms with Crippen LogP contribution >= 0.6 is 11.6 Å². The average Bonchev–Trinajstić information content (AvgIpc) is 2.56. The number of para-hydroxylation sites is 1. The summed E-state index contributed by atoms with van der Waals surface area (Å²) in [6.07, 6.45) is 0.642. The molecule has 2 N–H and O–H groups in total. The van der Waals surface area contributed by atoms with Crippen LogP contribution in [0.2, 0.25) is 5.02 Å². The summed E-state index contributed by atoms with van der Waals surface area (Å²) in [7, 11) is 0. The highest BCUT2D eigenvalue weighted by molar-refractivity contribution is 6.30. The largest absolute Gasteiger partial charge is 0.486 e. The Labute approximate surface area is 136 Å². The normalized spacial score (nSPS) is 13.6. The van der Waals surface area contributed by atoms with Gasteiger partial charge in [-0.15, -0.1) is 0 Å². The van der Waals surface area contributed by atoms with Gasteiger partial charge in [-0.25, -0.2) is 0 Å². The molecule has 2 aromatic carbocycles. The fourth-order valence-electron chi connectivity index (χ4n) is 2.32. The maximum Gasteiger partial charge on any atom is 0.141 e. The van der Waals surface area contributed by atoms with E-state index in [1.807, 2.05) is 54.6 Å². The van der Waals surface area contributed by atoms with Crippen molar-refractivity contribution < 1.29 is 9.84 Å². The average molecular weight is 320 g/mol. The molecule has 0 bridgehead atoms. The van der Waals surface area contributed by atoms with Gasteiger partial charge in [-0.3, -0.25) is 0 Å². The van der Waals surface area contributed by atoms with Crippen LogP contribution in [0, 0.1) is 0 Å². The molecule has 2 rings (SSSR count). The lowest BCUT2D eigenvalue weighted by Gasteiger charge is -2.28. The summed E-state index contributed by atoms with van der Waals surface area (Å²) in [5.41, 5.74) is 1.05. The maximum atomic E-state index is 9.78. The third-order valence-electron chi connectivity index (χ3n) is 3.43. The van der Waals surface area contributed by atoms with Crippen molar-refractivity contribution >= 4 is 11.6 Å². The number of hydrogen-bond acceptors (Lipinski definition) is 3. The van der Waals surface area contributed by atoms with Crippen LogP contribution in [0.25, 0.3) is 0 Å². The molecule has 0 radical (unpaired) electrons. The van der Waals surface area contributed by atoms with Crippen LogP contribution in [0.5, 0.6) is 5.75 Å². The molecular weight excluding hydrogens is 298 g/mol. The van der Waals surface area contributed by atoms with Crippen LogP contribution in [-0.2, 0) is 0 Å². The van der Waals surface area contributed by atoms with E-state index < -0.39 is 0 Å². The molecule has 0 fully saturated rings. The summed E-state index contributed by atoms with van der Waals surface area (Å²) in [6.45, 7) is 2.89. The van der Waals surface area contributed by atoms with Crippen LogP contribution in [0.15, 0.2) is 54.6 Å². The van der Waals surface area contributed by atoms with Gasteiger partial charge >= 0.3 is 0 Å². The minimum atomic E-state index is -0.366. The topological polar surface area (TPSA) is 41.5 Å². The lowest BCUT2D eigenvalue weighted by atomic mass is 10.0. The maximum absolute atomic E-state index is 9.78. The fraction of sp³-hybridized carbons (Fsp3) is 0.333. The number of hydrogen-bond donors (Lipinski definition) is 2. The lowest BCUT2D eigenvalue weighted by molar-refractivity contribution is 0.0825. The summed E-state index contributed by atoms with van der Waals surface area (Å²) in [6, 6.07) is 17.1. The van der Waals surface area contributed by atoms with E-state index >= 15 is 0 Å². The molecule has 0 aliphatic heterocycles. The second-order valence-electron chi connectivity index (χ2n) is 5.14. The van der Waals surface area contributed by atoms with E-state index in [4.69, 9.17) is 16.3 Å².